The molecule has 0 amide bonds. The van der Waals surface area contributed by atoms with E-state index in [4.69, 9.17) is 11.0 Å². The molecule has 4 nitrogen and oxygen atoms in total. The van der Waals surface area contributed by atoms with E-state index in [9.17, 15) is 0 Å². The van der Waals surface area contributed by atoms with Gasteiger partial charge in [0.05, 0.1) is 11.6 Å². The van der Waals surface area contributed by atoms with Crippen molar-refractivity contribution in [2.24, 2.45) is 5.73 Å². The molecule has 4 heteroatoms. The highest BCUT2D eigenvalue weighted by molar-refractivity contribution is 5.84. The van der Waals surface area contributed by atoms with Gasteiger partial charge in [-0.2, -0.15) is 5.26 Å². The third kappa shape index (κ3) is 3.49. The molecule has 2 aromatic rings. The average molecular weight is 296 g/mol. The Morgan fingerprint density at radius 3 is 2.86 bits per heavy atom. The molecule has 1 aliphatic rings. The number of rotatable bonds is 5. The molecule has 0 radical (unpaired) electrons. The molecule has 1 fully saturated rings. The van der Waals surface area contributed by atoms with Gasteiger partial charge in [0, 0.05) is 23.1 Å². The number of H-pyrrole nitrogens is 1. The summed E-state index contributed by atoms with van der Waals surface area (Å²) >= 11 is 0. The molecule has 0 spiro atoms. The number of likely N-dealkylation sites (tertiary alicyclic amines) is 1. The Kier molecular flexibility index (Phi) is 4.77. The second kappa shape index (κ2) is 6.95. The Labute approximate surface area is 131 Å². The van der Waals surface area contributed by atoms with Crippen LogP contribution in [0, 0.1) is 11.3 Å². The molecule has 22 heavy (non-hydrogen) atoms. The molecule has 1 aromatic carbocycles. The SMILES string of the molecule is N#Cc1ccc2[nH]cc(CCCCN3CCC(N)CC3)c2c1. The highest BCUT2D eigenvalue weighted by Crippen LogP contribution is 2.21. The minimum Gasteiger partial charge on any atom is -0.361 e. The van der Waals surface area contributed by atoms with Crippen molar-refractivity contribution in [3.8, 4) is 6.07 Å². The Bertz CT molecular complexity index is 659. The molecule has 0 saturated carbocycles. The molecule has 0 bridgehead atoms. The number of aromatic amines is 1. The first-order valence-corrected chi connectivity index (χ1v) is 8.24. The first-order valence-electron chi connectivity index (χ1n) is 8.24. The molecule has 116 valence electrons. The molecule has 1 aliphatic heterocycles. The van der Waals surface area contributed by atoms with Crippen molar-refractivity contribution in [1.82, 2.24) is 9.88 Å². The maximum atomic E-state index is 9.03. The number of piperidine rings is 1. The summed E-state index contributed by atoms with van der Waals surface area (Å²) in [5.74, 6) is 0. The second-order valence-corrected chi connectivity index (χ2v) is 6.32. The fourth-order valence-electron chi connectivity index (χ4n) is 3.28. The molecule has 3 rings (SSSR count). The summed E-state index contributed by atoms with van der Waals surface area (Å²) in [6, 6.07) is 8.49. The molecular weight excluding hydrogens is 272 g/mol. The molecule has 0 unspecified atom stereocenters. The van der Waals surface area contributed by atoms with Crippen LogP contribution in [0.4, 0.5) is 0 Å². The fraction of sp³-hybridized carbons (Fsp3) is 0.500. The van der Waals surface area contributed by atoms with Crippen LogP contribution in [0.3, 0.4) is 0 Å². The fourth-order valence-corrected chi connectivity index (χ4v) is 3.28. The predicted molar refractivity (Wildman–Crippen MR) is 89.6 cm³/mol. The van der Waals surface area contributed by atoms with Gasteiger partial charge in [-0.15, -0.1) is 0 Å². The van der Waals surface area contributed by atoms with E-state index >= 15 is 0 Å². The van der Waals surface area contributed by atoms with Crippen LogP contribution >= 0.6 is 0 Å². The van der Waals surface area contributed by atoms with Crippen LogP contribution < -0.4 is 5.73 Å². The molecule has 0 atom stereocenters. The van der Waals surface area contributed by atoms with E-state index in [2.05, 4.69) is 22.1 Å². The van der Waals surface area contributed by atoms with E-state index in [1.165, 1.54) is 30.3 Å². The van der Waals surface area contributed by atoms with Crippen molar-refractivity contribution in [1.29, 1.82) is 5.26 Å². The van der Waals surface area contributed by atoms with Crippen LogP contribution in [-0.2, 0) is 6.42 Å². The molecule has 1 saturated heterocycles. The Hall–Kier alpha value is -1.83. The van der Waals surface area contributed by atoms with Crippen LogP contribution in [0.25, 0.3) is 10.9 Å². The Balaban J connectivity index is 1.50. The summed E-state index contributed by atoms with van der Waals surface area (Å²) in [5.41, 5.74) is 9.12. The summed E-state index contributed by atoms with van der Waals surface area (Å²) in [5, 5.41) is 10.2. The number of hydrogen-bond donors (Lipinski definition) is 2. The highest BCUT2D eigenvalue weighted by atomic mass is 15.1. The van der Waals surface area contributed by atoms with Crippen LogP contribution in [0.2, 0.25) is 0 Å². The van der Waals surface area contributed by atoms with Gasteiger partial charge >= 0.3 is 0 Å². The number of nitrogens with zero attached hydrogens (tertiary/aromatic N) is 2. The van der Waals surface area contributed by atoms with Crippen molar-refractivity contribution in [3.05, 3.63) is 35.5 Å². The number of hydrogen-bond acceptors (Lipinski definition) is 3. The first-order chi connectivity index (χ1) is 10.8. The summed E-state index contributed by atoms with van der Waals surface area (Å²) in [6.45, 7) is 3.48. The summed E-state index contributed by atoms with van der Waals surface area (Å²) < 4.78 is 0. The molecule has 3 N–H and O–H groups in total. The van der Waals surface area contributed by atoms with Gasteiger partial charge in [0.1, 0.15) is 0 Å². The number of fused-ring (bicyclic) bond motifs is 1. The maximum Gasteiger partial charge on any atom is 0.0991 e. The van der Waals surface area contributed by atoms with Gasteiger partial charge in [0.15, 0.2) is 0 Å². The van der Waals surface area contributed by atoms with Crippen molar-refractivity contribution in [3.63, 3.8) is 0 Å². The van der Waals surface area contributed by atoms with Gasteiger partial charge in [-0.1, -0.05) is 0 Å². The van der Waals surface area contributed by atoms with E-state index in [1.807, 2.05) is 18.2 Å². The van der Waals surface area contributed by atoms with Crippen molar-refractivity contribution in [2.75, 3.05) is 19.6 Å². The summed E-state index contributed by atoms with van der Waals surface area (Å²) in [4.78, 5) is 5.83. The first kappa shape index (κ1) is 15.1. The van der Waals surface area contributed by atoms with E-state index in [0.717, 1.165) is 43.4 Å². The standard InChI is InChI=1S/C18H24N4/c19-12-14-4-5-18-17(11-14)15(13-21-18)3-1-2-8-22-9-6-16(20)7-10-22/h4-5,11,13,16,21H,1-3,6-10,20H2. The molecule has 2 heterocycles. The zero-order chi connectivity index (χ0) is 15.4. The lowest BCUT2D eigenvalue weighted by Gasteiger charge is -2.29. The quantitative estimate of drug-likeness (QED) is 0.834. The number of unbranched alkanes of at least 4 members (excludes halogenated alkanes) is 1. The number of nitriles is 1. The number of aryl methyl sites for hydroxylation is 1. The predicted octanol–water partition coefficient (Wildman–Crippen LogP) is 2.79. The van der Waals surface area contributed by atoms with Crippen LogP contribution in [-0.4, -0.2) is 35.6 Å². The normalized spacial score (nSPS) is 16.9. The maximum absolute atomic E-state index is 9.03. The van der Waals surface area contributed by atoms with Crippen molar-refractivity contribution in [2.45, 2.75) is 38.1 Å². The van der Waals surface area contributed by atoms with E-state index in [-0.39, 0.29) is 0 Å². The Morgan fingerprint density at radius 1 is 1.27 bits per heavy atom. The van der Waals surface area contributed by atoms with Gasteiger partial charge < -0.3 is 15.6 Å². The van der Waals surface area contributed by atoms with E-state index < -0.39 is 0 Å². The lowest BCUT2D eigenvalue weighted by atomic mass is 10.0. The van der Waals surface area contributed by atoms with Crippen LogP contribution in [0.5, 0.6) is 0 Å². The van der Waals surface area contributed by atoms with Crippen LogP contribution in [0.15, 0.2) is 24.4 Å². The largest absolute Gasteiger partial charge is 0.361 e. The monoisotopic (exact) mass is 296 g/mol. The smallest absolute Gasteiger partial charge is 0.0991 e. The zero-order valence-corrected chi connectivity index (χ0v) is 13.0. The minimum absolute atomic E-state index is 0.414. The number of benzene rings is 1. The summed E-state index contributed by atoms with van der Waals surface area (Å²) in [7, 11) is 0. The minimum atomic E-state index is 0.414. The third-order valence-corrected chi connectivity index (χ3v) is 4.70. The number of aromatic nitrogens is 1. The van der Waals surface area contributed by atoms with E-state index in [1.54, 1.807) is 0 Å². The second-order valence-electron chi connectivity index (χ2n) is 6.32. The summed E-state index contributed by atoms with van der Waals surface area (Å²) in [6.07, 6.45) is 7.85. The Morgan fingerprint density at radius 2 is 2.09 bits per heavy atom. The van der Waals surface area contributed by atoms with Gasteiger partial charge in [-0.25, -0.2) is 0 Å². The third-order valence-electron chi connectivity index (χ3n) is 4.70. The molecule has 0 aliphatic carbocycles. The lowest BCUT2D eigenvalue weighted by Crippen LogP contribution is -2.40. The molecular formula is C18H24N4. The zero-order valence-electron chi connectivity index (χ0n) is 13.0. The number of nitrogens with two attached hydrogens (primary N) is 1. The van der Waals surface area contributed by atoms with Crippen molar-refractivity contribution >= 4 is 10.9 Å². The topological polar surface area (TPSA) is 68.8 Å². The lowest BCUT2D eigenvalue weighted by molar-refractivity contribution is 0.210. The van der Waals surface area contributed by atoms with Gasteiger partial charge in [-0.05, 0) is 75.5 Å². The van der Waals surface area contributed by atoms with Crippen molar-refractivity contribution < 1.29 is 0 Å². The van der Waals surface area contributed by atoms with Gasteiger partial charge in [0.25, 0.3) is 0 Å². The average Bonchev–Trinajstić information content (AvgIpc) is 2.95. The van der Waals surface area contributed by atoms with Gasteiger partial charge in [-0.3, -0.25) is 0 Å². The molecule has 1 aromatic heterocycles. The highest BCUT2D eigenvalue weighted by Gasteiger charge is 2.15. The van der Waals surface area contributed by atoms with Crippen LogP contribution in [0.1, 0.15) is 36.8 Å². The van der Waals surface area contributed by atoms with E-state index in [0.29, 0.717) is 6.04 Å². The number of nitrogens with one attached hydrogen (secondary N) is 1. The van der Waals surface area contributed by atoms with Gasteiger partial charge in [0.2, 0.25) is 0 Å².